The summed E-state index contributed by atoms with van der Waals surface area (Å²) < 4.78 is 4.97. The summed E-state index contributed by atoms with van der Waals surface area (Å²) in [5.41, 5.74) is 0. The highest BCUT2D eigenvalue weighted by molar-refractivity contribution is 5.89. The number of carbonyl (C=O) groups is 1. The Bertz CT molecular complexity index is 280. The highest BCUT2D eigenvalue weighted by atomic mass is 16.5. The molecule has 0 aliphatic carbocycles. The first-order valence-electron chi connectivity index (χ1n) is 4.21. The number of imidazole rings is 1. The second-order valence-electron chi connectivity index (χ2n) is 3.09. The van der Waals surface area contributed by atoms with Gasteiger partial charge < -0.3 is 9.72 Å². The summed E-state index contributed by atoms with van der Waals surface area (Å²) in [6.45, 7) is 1.40. The Labute approximate surface area is 75.5 Å². The van der Waals surface area contributed by atoms with Crippen LogP contribution in [0.5, 0.6) is 0 Å². The van der Waals surface area contributed by atoms with E-state index in [0.717, 1.165) is 0 Å². The van der Waals surface area contributed by atoms with E-state index in [1.165, 1.54) is 0 Å². The molecular formula is C8H11N3O2. The molecule has 1 aliphatic rings. The fraction of sp³-hybridized carbons (Fsp3) is 0.500. The molecule has 5 nitrogen and oxygen atoms in total. The monoisotopic (exact) mass is 181 g/mol. The summed E-state index contributed by atoms with van der Waals surface area (Å²) in [6, 6.07) is 0. The van der Waals surface area contributed by atoms with Crippen LogP contribution in [0.15, 0.2) is 12.4 Å². The van der Waals surface area contributed by atoms with Gasteiger partial charge in [-0.05, 0) is 0 Å². The zero-order valence-corrected chi connectivity index (χ0v) is 7.12. The van der Waals surface area contributed by atoms with Gasteiger partial charge in [-0.3, -0.25) is 10.1 Å². The Morgan fingerprint density at radius 2 is 2.62 bits per heavy atom. The molecule has 2 rings (SSSR count). The van der Waals surface area contributed by atoms with Gasteiger partial charge in [0.05, 0.1) is 13.2 Å². The van der Waals surface area contributed by atoms with Crippen molar-refractivity contribution in [1.82, 2.24) is 9.97 Å². The average molecular weight is 181 g/mol. The van der Waals surface area contributed by atoms with Crippen molar-refractivity contribution in [3.05, 3.63) is 12.4 Å². The van der Waals surface area contributed by atoms with Gasteiger partial charge >= 0.3 is 0 Å². The standard InChI is InChI=1S/C8H11N3O2/c12-7(3-6-4-13-5-6)11-8-9-1-2-10-8/h1-2,6H,3-5H2,(H2,9,10,11,12). The number of rotatable bonds is 3. The molecule has 13 heavy (non-hydrogen) atoms. The third-order valence-corrected chi connectivity index (χ3v) is 1.94. The average Bonchev–Trinajstić information content (AvgIpc) is 2.49. The normalized spacial score (nSPS) is 16.6. The fourth-order valence-electron chi connectivity index (χ4n) is 1.18. The van der Waals surface area contributed by atoms with Crippen LogP contribution in [0.1, 0.15) is 6.42 Å². The van der Waals surface area contributed by atoms with E-state index in [-0.39, 0.29) is 5.91 Å². The minimum atomic E-state index is -0.0109. The maximum atomic E-state index is 11.3. The van der Waals surface area contributed by atoms with Crippen LogP contribution in [0.2, 0.25) is 0 Å². The van der Waals surface area contributed by atoms with E-state index in [1.807, 2.05) is 0 Å². The van der Waals surface area contributed by atoms with Crippen molar-refractivity contribution in [3.63, 3.8) is 0 Å². The lowest BCUT2D eigenvalue weighted by molar-refractivity contribution is -0.121. The van der Waals surface area contributed by atoms with E-state index in [4.69, 9.17) is 4.74 Å². The number of nitrogens with one attached hydrogen (secondary N) is 2. The van der Waals surface area contributed by atoms with Gasteiger partial charge in [-0.15, -0.1) is 0 Å². The van der Waals surface area contributed by atoms with E-state index >= 15 is 0 Å². The van der Waals surface area contributed by atoms with Crippen LogP contribution in [0.4, 0.5) is 5.95 Å². The molecule has 0 aromatic carbocycles. The van der Waals surface area contributed by atoms with Crippen molar-refractivity contribution in [2.45, 2.75) is 6.42 Å². The third kappa shape index (κ3) is 2.06. The highest BCUT2D eigenvalue weighted by Crippen LogP contribution is 2.14. The van der Waals surface area contributed by atoms with Gasteiger partial charge in [-0.2, -0.15) is 0 Å². The summed E-state index contributed by atoms with van der Waals surface area (Å²) in [4.78, 5) is 18.0. The van der Waals surface area contributed by atoms with E-state index in [9.17, 15) is 4.79 Å². The van der Waals surface area contributed by atoms with Gasteiger partial charge in [0, 0.05) is 24.7 Å². The first-order valence-corrected chi connectivity index (χ1v) is 4.21. The molecule has 0 radical (unpaired) electrons. The van der Waals surface area contributed by atoms with E-state index < -0.39 is 0 Å². The van der Waals surface area contributed by atoms with Crippen molar-refractivity contribution in [2.75, 3.05) is 18.5 Å². The number of aromatic nitrogens is 2. The number of nitrogens with zero attached hydrogens (tertiary/aromatic N) is 1. The van der Waals surface area contributed by atoms with Gasteiger partial charge in [0.15, 0.2) is 0 Å². The Hall–Kier alpha value is -1.36. The molecule has 1 fully saturated rings. The van der Waals surface area contributed by atoms with Crippen LogP contribution in [0, 0.1) is 5.92 Å². The number of hydrogen-bond donors (Lipinski definition) is 2. The van der Waals surface area contributed by atoms with Crippen LogP contribution in [-0.4, -0.2) is 29.1 Å². The Balaban J connectivity index is 1.78. The molecule has 1 amide bonds. The number of amides is 1. The molecule has 0 atom stereocenters. The zero-order valence-electron chi connectivity index (χ0n) is 7.12. The van der Waals surface area contributed by atoms with Gasteiger partial charge in [-0.1, -0.05) is 0 Å². The Kier molecular flexibility index (Phi) is 2.27. The van der Waals surface area contributed by atoms with Crippen LogP contribution in [0.25, 0.3) is 0 Å². The zero-order chi connectivity index (χ0) is 9.10. The van der Waals surface area contributed by atoms with Crippen molar-refractivity contribution >= 4 is 11.9 Å². The van der Waals surface area contributed by atoms with Crippen LogP contribution in [0.3, 0.4) is 0 Å². The third-order valence-electron chi connectivity index (χ3n) is 1.94. The van der Waals surface area contributed by atoms with Gasteiger partial charge in [-0.25, -0.2) is 4.98 Å². The number of H-pyrrole nitrogens is 1. The van der Waals surface area contributed by atoms with Crippen LogP contribution < -0.4 is 5.32 Å². The molecule has 0 bridgehead atoms. The number of aromatic amines is 1. The summed E-state index contributed by atoms with van der Waals surface area (Å²) >= 11 is 0. The van der Waals surface area contributed by atoms with Crippen LogP contribution in [-0.2, 0) is 9.53 Å². The summed E-state index contributed by atoms with van der Waals surface area (Å²) in [6.07, 6.45) is 3.78. The lowest BCUT2D eigenvalue weighted by atomic mass is 10.0. The minimum Gasteiger partial charge on any atom is -0.381 e. The minimum absolute atomic E-state index is 0.0109. The Morgan fingerprint density at radius 1 is 1.77 bits per heavy atom. The molecule has 1 aromatic heterocycles. The number of ether oxygens (including phenoxy) is 1. The number of hydrogen-bond acceptors (Lipinski definition) is 3. The maximum absolute atomic E-state index is 11.3. The van der Waals surface area contributed by atoms with Gasteiger partial charge in [0.25, 0.3) is 0 Å². The second-order valence-corrected chi connectivity index (χ2v) is 3.09. The predicted octanol–water partition coefficient (Wildman–Crippen LogP) is 0.385. The largest absolute Gasteiger partial charge is 0.381 e. The van der Waals surface area contributed by atoms with Crippen molar-refractivity contribution in [2.24, 2.45) is 5.92 Å². The van der Waals surface area contributed by atoms with Gasteiger partial charge in [0.1, 0.15) is 0 Å². The molecule has 1 saturated heterocycles. The lowest BCUT2D eigenvalue weighted by Gasteiger charge is -2.24. The molecule has 70 valence electrons. The molecule has 2 heterocycles. The van der Waals surface area contributed by atoms with E-state index in [0.29, 0.717) is 31.5 Å². The molecule has 5 heteroatoms. The topological polar surface area (TPSA) is 67.0 Å². The highest BCUT2D eigenvalue weighted by Gasteiger charge is 2.21. The lowest BCUT2D eigenvalue weighted by Crippen LogP contribution is -2.31. The first-order chi connectivity index (χ1) is 6.34. The molecule has 0 unspecified atom stereocenters. The second kappa shape index (κ2) is 3.57. The summed E-state index contributed by atoms with van der Waals surface area (Å²) in [5.74, 6) is 0.878. The molecule has 1 aromatic rings. The smallest absolute Gasteiger partial charge is 0.227 e. The number of carbonyl (C=O) groups excluding carboxylic acids is 1. The molecule has 0 saturated carbocycles. The van der Waals surface area contributed by atoms with E-state index in [1.54, 1.807) is 12.4 Å². The van der Waals surface area contributed by atoms with Crippen molar-refractivity contribution in [3.8, 4) is 0 Å². The van der Waals surface area contributed by atoms with Crippen LogP contribution >= 0.6 is 0 Å². The number of anilines is 1. The quantitative estimate of drug-likeness (QED) is 0.708. The molecule has 2 N–H and O–H groups in total. The van der Waals surface area contributed by atoms with E-state index in [2.05, 4.69) is 15.3 Å². The summed E-state index contributed by atoms with van der Waals surface area (Å²) in [7, 11) is 0. The van der Waals surface area contributed by atoms with Crippen molar-refractivity contribution in [1.29, 1.82) is 0 Å². The molecule has 0 spiro atoms. The van der Waals surface area contributed by atoms with Gasteiger partial charge in [0.2, 0.25) is 11.9 Å². The first kappa shape index (κ1) is 8.25. The fourth-order valence-corrected chi connectivity index (χ4v) is 1.18. The molecular weight excluding hydrogens is 170 g/mol. The van der Waals surface area contributed by atoms with Crippen molar-refractivity contribution < 1.29 is 9.53 Å². The summed E-state index contributed by atoms with van der Waals surface area (Å²) in [5, 5.41) is 2.66. The molecule has 1 aliphatic heterocycles. The SMILES string of the molecule is O=C(CC1COC1)Nc1ncc[nH]1. The predicted molar refractivity (Wildman–Crippen MR) is 46.1 cm³/mol. The Morgan fingerprint density at radius 3 is 3.15 bits per heavy atom. The maximum Gasteiger partial charge on any atom is 0.227 e.